The Morgan fingerprint density at radius 1 is 1.38 bits per heavy atom. The normalized spacial score (nSPS) is 10.2. The van der Waals surface area contributed by atoms with Crippen LogP contribution in [0.25, 0.3) is 0 Å². The van der Waals surface area contributed by atoms with Crippen LogP contribution in [0.1, 0.15) is 40.0 Å². The Morgan fingerprint density at radius 3 is 2.46 bits per heavy atom. The Hall–Kier alpha value is -0.790. The number of hydrogen-bond acceptors (Lipinski definition) is 2. The predicted octanol–water partition coefficient (Wildman–Crippen LogP) is 2.93. The van der Waals surface area contributed by atoms with Crippen LogP contribution >= 0.6 is 0 Å². The molecular weight excluding hydrogens is 164 g/mol. The highest BCUT2D eigenvalue weighted by Gasteiger charge is 2.03. The molecule has 0 radical (unpaired) electrons. The number of esters is 1. The lowest BCUT2D eigenvalue weighted by Gasteiger charge is -2.06. The summed E-state index contributed by atoms with van der Waals surface area (Å²) in [6.45, 7) is 10.3. The van der Waals surface area contributed by atoms with Gasteiger partial charge in [-0.2, -0.15) is 0 Å². The number of allylic oxidation sites excluding steroid dienone is 1. The van der Waals surface area contributed by atoms with E-state index in [1.54, 1.807) is 0 Å². The van der Waals surface area contributed by atoms with Gasteiger partial charge >= 0.3 is 5.97 Å². The standard InChI is InChI=1S/C11H20O2/c1-9(2)6-5-7-11(12)13-8-10(3)4/h10H,1,5-8H2,2-4H3. The van der Waals surface area contributed by atoms with Crippen LogP contribution in [0.4, 0.5) is 0 Å². The van der Waals surface area contributed by atoms with Crippen molar-refractivity contribution >= 4 is 5.97 Å². The number of rotatable bonds is 6. The van der Waals surface area contributed by atoms with Gasteiger partial charge in [0.05, 0.1) is 6.61 Å². The van der Waals surface area contributed by atoms with Gasteiger partial charge in [-0.25, -0.2) is 0 Å². The average molecular weight is 184 g/mol. The van der Waals surface area contributed by atoms with Gasteiger partial charge in [0.1, 0.15) is 0 Å². The van der Waals surface area contributed by atoms with Crippen molar-refractivity contribution in [2.24, 2.45) is 5.92 Å². The fraction of sp³-hybridized carbons (Fsp3) is 0.727. The quantitative estimate of drug-likeness (QED) is 0.468. The third-order valence-electron chi connectivity index (χ3n) is 1.56. The minimum absolute atomic E-state index is 0.0880. The molecule has 0 bridgehead atoms. The number of ether oxygens (including phenoxy) is 1. The third kappa shape index (κ3) is 9.12. The minimum Gasteiger partial charge on any atom is -0.465 e. The second-order valence-corrected chi connectivity index (χ2v) is 3.89. The Bertz CT molecular complexity index is 171. The van der Waals surface area contributed by atoms with Crippen molar-refractivity contribution in [3.05, 3.63) is 12.2 Å². The van der Waals surface area contributed by atoms with E-state index in [1.165, 1.54) is 0 Å². The minimum atomic E-state index is -0.0880. The molecule has 0 fully saturated rings. The molecule has 0 heterocycles. The first-order chi connectivity index (χ1) is 6.02. The van der Waals surface area contributed by atoms with Crippen LogP contribution in [0, 0.1) is 5.92 Å². The molecule has 0 spiro atoms. The summed E-state index contributed by atoms with van der Waals surface area (Å²) in [5.41, 5.74) is 1.12. The van der Waals surface area contributed by atoms with Gasteiger partial charge in [0.15, 0.2) is 0 Å². The molecule has 76 valence electrons. The Balaban J connectivity index is 3.35. The molecular formula is C11H20O2. The first-order valence-electron chi connectivity index (χ1n) is 4.82. The van der Waals surface area contributed by atoms with Crippen LogP contribution in [-0.2, 0) is 9.53 Å². The van der Waals surface area contributed by atoms with E-state index in [9.17, 15) is 4.79 Å². The van der Waals surface area contributed by atoms with E-state index in [1.807, 2.05) is 20.8 Å². The van der Waals surface area contributed by atoms with Gasteiger partial charge in [0, 0.05) is 6.42 Å². The van der Waals surface area contributed by atoms with E-state index in [0.717, 1.165) is 18.4 Å². The van der Waals surface area contributed by atoms with Crippen LogP contribution < -0.4 is 0 Å². The van der Waals surface area contributed by atoms with Gasteiger partial charge in [-0.15, -0.1) is 6.58 Å². The van der Waals surface area contributed by atoms with Crippen LogP contribution in [-0.4, -0.2) is 12.6 Å². The molecule has 0 rings (SSSR count). The first kappa shape index (κ1) is 12.2. The summed E-state index contributed by atoms with van der Waals surface area (Å²) in [7, 11) is 0. The summed E-state index contributed by atoms with van der Waals surface area (Å²) in [5, 5.41) is 0. The summed E-state index contributed by atoms with van der Waals surface area (Å²) in [6.07, 6.45) is 2.28. The molecule has 0 amide bonds. The maximum absolute atomic E-state index is 11.1. The number of hydrogen-bond donors (Lipinski definition) is 0. The van der Waals surface area contributed by atoms with Gasteiger partial charge in [-0.05, 0) is 25.7 Å². The zero-order chi connectivity index (χ0) is 10.3. The molecule has 0 saturated carbocycles. The first-order valence-corrected chi connectivity index (χ1v) is 4.82. The molecule has 13 heavy (non-hydrogen) atoms. The highest BCUT2D eigenvalue weighted by molar-refractivity contribution is 5.69. The molecule has 0 aromatic rings. The second kappa shape index (κ2) is 6.70. The van der Waals surface area contributed by atoms with Gasteiger partial charge in [0.25, 0.3) is 0 Å². The van der Waals surface area contributed by atoms with Crippen molar-refractivity contribution in [3.63, 3.8) is 0 Å². The second-order valence-electron chi connectivity index (χ2n) is 3.89. The van der Waals surface area contributed by atoms with E-state index in [0.29, 0.717) is 18.9 Å². The van der Waals surface area contributed by atoms with Crippen molar-refractivity contribution in [2.75, 3.05) is 6.61 Å². The van der Waals surface area contributed by atoms with Gasteiger partial charge in [-0.1, -0.05) is 19.4 Å². The molecule has 0 aromatic carbocycles. The predicted molar refractivity (Wildman–Crippen MR) is 54.5 cm³/mol. The maximum Gasteiger partial charge on any atom is 0.305 e. The van der Waals surface area contributed by atoms with Crippen LogP contribution in [0.2, 0.25) is 0 Å². The lowest BCUT2D eigenvalue weighted by atomic mass is 10.1. The molecule has 0 saturated heterocycles. The summed E-state index contributed by atoms with van der Waals surface area (Å²) in [4.78, 5) is 11.1. The lowest BCUT2D eigenvalue weighted by Crippen LogP contribution is -2.09. The van der Waals surface area contributed by atoms with Crippen molar-refractivity contribution in [1.82, 2.24) is 0 Å². The van der Waals surface area contributed by atoms with Crippen LogP contribution in [0.3, 0.4) is 0 Å². The van der Waals surface area contributed by atoms with Crippen molar-refractivity contribution in [3.8, 4) is 0 Å². The monoisotopic (exact) mass is 184 g/mol. The number of carbonyl (C=O) groups excluding carboxylic acids is 1. The summed E-state index contributed by atoms with van der Waals surface area (Å²) >= 11 is 0. The summed E-state index contributed by atoms with van der Waals surface area (Å²) in [5.74, 6) is 0.333. The fourth-order valence-electron chi connectivity index (χ4n) is 0.866. The van der Waals surface area contributed by atoms with Crippen molar-refractivity contribution < 1.29 is 9.53 Å². The summed E-state index contributed by atoms with van der Waals surface area (Å²) in [6, 6.07) is 0. The van der Waals surface area contributed by atoms with E-state index in [-0.39, 0.29) is 5.97 Å². The topological polar surface area (TPSA) is 26.3 Å². The smallest absolute Gasteiger partial charge is 0.305 e. The molecule has 0 aliphatic heterocycles. The molecule has 2 heteroatoms. The average Bonchev–Trinajstić information content (AvgIpc) is 2.00. The molecule has 0 aromatic heterocycles. The Kier molecular flexibility index (Phi) is 6.29. The molecule has 0 unspecified atom stereocenters. The molecule has 0 N–H and O–H groups in total. The van der Waals surface area contributed by atoms with E-state index < -0.39 is 0 Å². The van der Waals surface area contributed by atoms with Crippen LogP contribution in [0.15, 0.2) is 12.2 Å². The van der Waals surface area contributed by atoms with Crippen molar-refractivity contribution in [2.45, 2.75) is 40.0 Å². The maximum atomic E-state index is 11.1. The Labute approximate surface area is 81.0 Å². The molecule has 0 atom stereocenters. The van der Waals surface area contributed by atoms with E-state index in [4.69, 9.17) is 4.74 Å². The summed E-state index contributed by atoms with van der Waals surface area (Å²) < 4.78 is 5.02. The molecule has 0 aliphatic carbocycles. The highest BCUT2D eigenvalue weighted by Crippen LogP contribution is 2.05. The fourth-order valence-corrected chi connectivity index (χ4v) is 0.866. The largest absolute Gasteiger partial charge is 0.465 e. The van der Waals surface area contributed by atoms with Crippen LogP contribution in [0.5, 0.6) is 0 Å². The Morgan fingerprint density at radius 2 is 2.00 bits per heavy atom. The van der Waals surface area contributed by atoms with E-state index in [2.05, 4.69) is 6.58 Å². The number of carbonyl (C=O) groups is 1. The zero-order valence-electron chi connectivity index (χ0n) is 8.93. The van der Waals surface area contributed by atoms with Gasteiger partial charge < -0.3 is 4.74 Å². The SMILES string of the molecule is C=C(C)CCCC(=O)OCC(C)C. The van der Waals surface area contributed by atoms with Crippen molar-refractivity contribution in [1.29, 1.82) is 0 Å². The van der Waals surface area contributed by atoms with E-state index >= 15 is 0 Å². The third-order valence-corrected chi connectivity index (χ3v) is 1.56. The zero-order valence-corrected chi connectivity index (χ0v) is 8.93. The lowest BCUT2D eigenvalue weighted by molar-refractivity contribution is -0.144. The molecule has 2 nitrogen and oxygen atoms in total. The van der Waals surface area contributed by atoms with Gasteiger partial charge in [0.2, 0.25) is 0 Å². The highest BCUT2D eigenvalue weighted by atomic mass is 16.5. The molecule has 0 aliphatic rings. The van der Waals surface area contributed by atoms with Gasteiger partial charge in [-0.3, -0.25) is 4.79 Å².